The molecule has 0 aliphatic carbocycles. The minimum Gasteiger partial charge on any atom is -0.392 e. The summed E-state index contributed by atoms with van der Waals surface area (Å²) < 4.78 is 6.23. The van der Waals surface area contributed by atoms with Gasteiger partial charge in [-0.1, -0.05) is 5.16 Å². The van der Waals surface area contributed by atoms with E-state index in [1.54, 1.807) is 11.3 Å². The normalized spacial score (nSPS) is 23.0. The Labute approximate surface area is 122 Å². The number of aliphatic hydroxyl groups is 1. The molecule has 0 radical (unpaired) electrons. The summed E-state index contributed by atoms with van der Waals surface area (Å²) in [4.78, 5) is 5.31. The predicted molar refractivity (Wildman–Crippen MR) is 73.9 cm³/mol. The first kappa shape index (κ1) is 14.0. The van der Waals surface area contributed by atoms with Crippen molar-refractivity contribution in [2.75, 3.05) is 6.54 Å². The molecule has 1 aliphatic rings. The molecule has 8 heteroatoms. The van der Waals surface area contributed by atoms with Crippen LogP contribution < -0.4 is 5.32 Å². The summed E-state index contributed by atoms with van der Waals surface area (Å²) in [5.41, 5.74) is 0. The van der Waals surface area contributed by atoms with Crippen molar-refractivity contribution in [1.82, 2.24) is 15.5 Å². The molecule has 0 amide bonds. The van der Waals surface area contributed by atoms with Gasteiger partial charge in [-0.15, -0.1) is 23.7 Å². The van der Waals surface area contributed by atoms with Crippen LogP contribution in [0, 0.1) is 0 Å². The fourth-order valence-electron chi connectivity index (χ4n) is 1.81. The van der Waals surface area contributed by atoms with Crippen molar-refractivity contribution in [3.8, 4) is 10.7 Å². The van der Waals surface area contributed by atoms with E-state index in [1.165, 1.54) is 0 Å². The molecule has 3 heterocycles. The first-order chi connectivity index (χ1) is 8.22. The molecule has 5 nitrogen and oxygen atoms in total. The number of rotatable bonds is 2. The Morgan fingerprint density at radius 3 is 3.00 bits per heavy atom. The molecule has 1 aliphatic heterocycles. The zero-order chi connectivity index (χ0) is 11.8. The van der Waals surface area contributed by atoms with Crippen molar-refractivity contribution >= 4 is 39.7 Å². The molecule has 2 aromatic rings. The Kier molecular flexibility index (Phi) is 4.39. The van der Waals surface area contributed by atoms with E-state index in [0.717, 1.165) is 9.35 Å². The van der Waals surface area contributed by atoms with E-state index < -0.39 is 0 Å². The maximum Gasteiger partial charge on any atom is 0.244 e. The third-order valence-electron chi connectivity index (χ3n) is 2.64. The summed E-state index contributed by atoms with van der Waals surface area (Å²) in [6.07, 6.45) is 0.293. The Morgan fingerprint density at radius 1 is 1.56 bits per heavy atom. The van der Waals surface area contributed by atoms with E-state index >= 15 is 0 Å². The maximum absolute atomic E-state index is 9.43. The van der Waals surface area contributed by atoms with Gasteiger partial charge in [0.2, 0.25) is 11.7 Å². The van der Waals surface area contributed by atoms with Gasteiger partial charge in [-0.05, 0) is 28.4 Å². The Hall–Kier alpha value is -0.470. The van der Waals surface area contributed by atoms with Crippen LogP contribution in [-0.2, 0) is 0 Å². The van der Waals surface area contributed by atoms with Gasteiger partial charge in [0.15, 0.2) is 0 Å². The van der Waals surface area contributed by atoms with E-state index in [-0.39, 0.29) is 24.6 Å². The minimum atomic E-state index is -0.328. The Bertz CT molecular complexity index is 533. The highest BCUT2D eigenvalue weighted by atomic mass is 79.9. The second kappa shape index (κ2) is 5.66. The SMILES string of the molecule is Cl.O[C@@H]1CN[C@@H](c2nc(-c3cc(Br)cs3)no2)C1. The number of nitrogens with one attached hydrogen (secondary N) is 1. The van der Waals surface area contributed by atoms with Gasteiger partial charge in [0.1, 0.15) is 0 Å². The van der Waals surface area contributed by atoms with Crippen LogP contribution in [0.4, 0.5) is 0 Å². The van der Waals surface area contributed by atoms with Crippen molar-refractivity contribution in [3.63, 3.8) is 0 Å². The lowest BCUT2D eigenvalue weighted by molar-refractivity contribution is 0.191. The summed E-state index contributed by atoms with van der Waals surface area (Å²) in [5, 5.41) is 18.5. The summed E-state index contributed by atoms with van der Waals surface area (Å²) in [6, 6.07) is 1.92. The summed E-state index contributed by atoms with van der Waals surface area (Å²) in [7, 11) is 0. The van der Waals surface area contributed by atoms with Gasteiger partial charge < -0.3 is 14.9 Å². The van der Waals surface area contributed by atoms with Gasteiger partial charge in [0.05, 0.1) is 17.0 Å². The highest BCUT2D eigenvalue weighted by Gasteiger charge is 2.28. The molecule has 98 valence electrons. The number of aromatic nitrogens is 2. The van der Waals surface area contributed by atoms with E-state index in [0.29, 0.717) is 24.7 Å². The molecule has 0 unspecified atom stereocenters. The second-order valence-corrected chi connectivity index (χ2v) is 5.76. The first-order valence-corrected chi connectivity index (χ1v) is 6.89. The van der Waals surface area contributed by atoms with E-state index in [4.69, 9.17) is 4.52 Å². The van der Waals surface area contributed by atoms with Crippen molar-refractivity contribution in [3.05, 3.63) is 21.8 Å². The third kappa shape index (κ3) is 2.75. The van der Waals surface area contributed by atoms with Crippen molar-refractivity contribution < 1.29 is 9.63 Å². The number of nitrogens with zero attached hydrogens (tertiary/aromatic N) is 2. The summed E-state index contributed by atoms with van der Waals surface area (Å²) in [5.74, 6) is 1.14. The molecular formula is C10H11BrClN3O2S. The summed E-state index contributed by atoms with van der Waals surface area (Å²) in [6.45, 7) is 0.576. The molecule has 18 heavy (non-hydrogen) atoms. The van der Waals surface area contributed by atoms with Gasteiger partial charge in [0.25, 0.3) is 0 Å². The Balaban J connectivity index is 0.00000120. The molecular weight excluding hydrogens is 342 g/mol. The molecule has 3 rings (SSSR count). The number of thiophene rings is 1. The molecule has 0 aromatic carbocycles. The fourth-order valence-corrected chi connectivity index (χ4v) is 3.16. The van der Waals surface area contributed by atoms with Crippen molar-refractivity contribution in [1.29, 1.82) is 0 Å². The molecule has 2 atom stereocenters. The number of hydrogen-bond acceptors (Lipinski definition) is 6. The minimum absolute atomic E-state index is 0. The predicted octanol–water partition coefficient (Wildman–Crippen LogP) is 2.38. The fraction of sp³-hybridized carbons (Fsp3) is 0.400. The van der Waals surface area contributed by atoms with Crippen molar-refractivity contribution in [2.45, 2.75) is 18.6 Å². The maximum atomic E-state index is 9.43. The van der Waals surface area contributed by atoms with Crippen LogP contribution in [0.2, 0.25) is 0 Å². The van der Waals surface area contributed by atoms with Crippen LogP contribution in [-0.4, -0.2) is 27.9 Å². The molecule has 2 N–H and O–H groups in total. The molecule has 1 fully saturated rings. The molecule has 1 saturated heterocycles. The average Bonchev–Trinajstić information content (AvgIpc) is 2.96. The first-order valence-electron chi connectivity index (χ1n) is 5.22. The van der Waals surface area contributed by atoms with E-state index in [1.807, 2.05) is 11.4 Å². The number of β-amino-alcohol motifs (C(OH)–C–C–N with tert-alkyl or cyclic N) is 1. The van der Waals surface area contributed by atoms with Crippen LogP contribution in [0.3, 0.4) is 0 Å². The molecule has 0 saturated carbocycles. The van der Waals surface area contributed by atoms with Gasteiger partial charge in [-0.2, -0.15) is 4.98 Å². The standard InChI is InChI=1S/C10H10BrN3O2S.ClH/c11-5-1-8(17-4-5)9-13-10(16-14-9)7-2-6(15)3-12-7;/h1,4,6-7,12,15H,2-3H2;1H/t6-,7+;/m0./s1. The van der Waals surface area contributed by atoms with Crippen molar-refractivity contribution in [2.24, 2.45) is 0 Å². The zero-order valence-electron chi connectivity index (χ0n) is 9.17. The van der Waals surface area contributed by atoms with Gasteiger partial charge in [-0.3, -0.25) is 0 Å². The van der Waals surface area contributed by atoms with Crippen LogP contribution in [0.1, 0.15) is 18.4 Å². The van der Waals surface area contributed by atoms with Crippen LogP contribution >= 0.6 is 39.7 Å². The topological polar surface area (TPSA) is 71.2 Å². The number of hydrogen-bond donors (Lipinski definition) is 2. The van der Waals surface area contributed by atoms with Gasteiger partial charge in [0, 0.05) is 16.4 Å². The average molecular weight is 353 g/mol. The monoisotopic (exact) mass is 351 g/mol. The van der Waals surface area contributed by atoms with E-state index in [9.17, 15) is 5.11 Å². The number of halogens is 2. The smallest absolute Gasteiger partial charge is 0.244 e. The van der Waals surface area contributed by atoms with Gasteiger partial charge >= 0.3 is 0 Å². The third-order valence-corrected chi connectivity index (χ3v) is 4.32. The van der Waals surface area contributed by atoms with E-state index in [2.05, 4.69) is 31.4 Å². The Morgan fingerprint density at radius 2 is 2.39 bits per heavy atom. The summed E-state index contributed by atoms with van der Waals surface area (Å²) >= 11 is 4.95. The lowest BCUT2D eigenvalue weighted by atomic mass is 10.2. The molecule has 0 spiro atoms. The van der Waals surface area contributed by atoms with Gasteiger partial charge in [-0.25, -0.2) is 0 Å². The lowest BCUT2D eigenvalue weighted by Crippen LogP contribution is -2.15. The number of aliphatic hydroxyl groups excluding tert-OH is 1. The molecule has 2 aromatic heterocycles. The zero-order valence-corrected chi connectivity index (χ0v) is 12.4. The quantitative estimate of drug-likeness (QED) is 0.868. The van der Waals surface area contributed by atoms with Crippen LogP contribution in [0.5, 0.6) is 0 Å². The highest BCUT2D eigenvalue weighted by molar-refractivity contribution is 9.10. The van der Waals surface area contributed by atoms with Crippen LogP contribution in [0.25, 0.3) is 10.7 Å². The second-order valence-electron chi connectivity index (χ2n) is 3.94. The highest BCUT2D eigenvalue weighted by Crippen LogP contribution is 2.29. The largest absolute Gasteiger partial charge is 0.392 e. The molecule has 0 bridgehead atoms. The lowest BCUT2D eigenvalue weighted by Gasteiger charge is -2.01. The van der Waals surface area contributed by atoms with Crippen LogP contribution in [0.15, 0.2) is 20.4 Å².